The van der Waals surface area contributed by atoms with Crippen molar-refractivity contribution in [1.29, 1.82) is 0 Å². The van der Waals surface area contributed by atoms with Crippen molar-refractivity contribution in [2.24, 2.45) is 0 Å². The summed E-state index contributed by atoms with van der Waals surface area (Å²) < 4.78 is 60.4. The van der Waals surface area contributed by atoms with Gasteiger partial charge in [-0.2, -0.15) is 13.2 Å². The van der Waals surface area contributed by atoms with Gasteiger partial charge in [0, 0.05) is 0 Å². The number of rotatable bonds is 3. The minimum Gasteiger partial charge on any atom is -0.479 e. The fraction of sp³-hybridized carbons (Fsp3) is 0.750. The predicted octanol–water partition coefficient (Wildman–Crippen LogP) is -0.358. The monoisotopic (exact) mass is 372 g/mol. The Labute approximate surface area is 134 Å². The molecule has 2 fully saturated rings. The van der Waals surface area contributed by atoms with E-state index in [2.05, 4.69) is 0 Å². The zero-order valence-electron chi connectivity index (χ0n) is 12.8. The Balaban J connectivity index is 2.53. The summed E-state index contributed by atoms with van der Waals surface area (Å²) in [5.74, 6) is -5.20. The van der Waals surface area contributed by atoms with Crippen LogP contribution in [0, 0.1) is 0 Å². The maximum absolute atomic E-state index is 12.7. The summed E-state index contributed by atoms with van der Waals surface area (Å²) in [6.07, 6.45) is -5.57. The van der Waals surface area contributed by atoms with Gasteiger partial charge in [-0.1, -0.05) is 6.92 Å². The summed E-state index contributed by atoms with van der Waals surface area (Å²) in [5, 5.41) is 9.04. The maximum Gasteiger partial charge on any atom is 0.471 e. The molecule has 0 unspecified atom stereocenters. The molecule has 3 atom stereocenters. The molecule has 0 spiro atoms. The van der Waals surface area contributed by atoms with Crippen LogP contribution >= 0.6 is 0 Å². The van der Waals surface area contributed by atoms with Crippen LogP contribution in [0.3, 0.4) is 0 Å². The van der Waals surface area contributed by atoms with Crippen LogP contribution in [0.15, 0.2) is 0 Å². The summed E-state index contributed by atoms with van der Waals surface area (Å²) in [7, 11) is -4.36. The highest BCUT2D eigenvalue weighted by atomic mass is 32.2. The summed E-state index contributed by atoms with van der Waals surface area (Å²) in [6, 6.07) is -1.96. The van der Waals surface area contributed by atoms with Gasteiger partial charge < -0.3 is 15.3 Å². The topological polar surface area (TPSA) is 121 Å². The van der Waals surface area contributed by atoms with E-state index in [4.69, 9.17) is 0 Å². The first-order chi connectivity index (χ1) is 10.7. The van der Waals surface area contributed by atoms with E-state index in [1.165, 1.54) is 12.2 Å². The van der Waals surface area contributed by atoms with E-state index in [0.717, 1.165) is 13.8 Å². The second-order valence-corrected chi connectivity index (χ2v) is 8.72. The lowest BCUT2D eigenvalue weighted by atomic mass is 9.79. The van der Waals surface area contributed by atoms with Crippen molar-refractivity contribution in [3.63, 3.8) is 0 Å². The molecule has 2 aliphatic rings. The van der Waals surface area contributed by atoms with Crippen LogP contribution in [-0.4, -0.2) is 64.1 Å². The van der Waals surface area contributed by atoms with Gasteiger partial charge in [0.1, 0.15) is 10.8 Å². The quantitative estimate of drug-likeness (QED) is 0.653. The number of hydrogen-bond donors (Lipinski definition) is 2. The lowest BCUT2D eigenvalue weighted by molar-refractivity contribution is -0.181. The second-order valence-electron chi connectivity index (χ2n) is 6.12. The molecule has 8 nitrogen and oxygen atoms in total. The largest absolute Gasteiger partial charge is 0.479 e. The van der Waals surface area contributed by atoms with E-state index < -0.39 is 55.5 Å². The first-order valence-corrected chi connectivity index (χ1v) is 8.40. The highest BCUT2D eigenvalue weighted by Gasteiger charge is 2.79. The van der Waals surface area contributed by atoms with Crippen molar-refractivity contribution in [1.82, 2.24) is 10.2 Å². The van der Waals surface area contributed by atoms with E-state index in [1.807, 2.05) is 0 Å². The zero-order valence-corrected chi connectivity index (χ0v) is 13.7. The first kappa shape index (κ1) is 18.5. The number of amides is 2. The Morgan fingerprint density at radius 3 is 2.21 bits per heavy atom. The Hall–Kier alpha value is -1.85. The second kappa shape index (κ2) is 4.83. The van der Waals surface area contributed by atoms with Gasteiger partial charge in [0.05, 0.1) is 0 Å². The Morgan fingerprint density at radius 1 is 1.33 bits per heavy atom. The normalized spacial score (nSPS) is 33.6. The number of nitrogens with one attached hydrogen (secondary N) is 1. The van der Waals surface area contributed by atoms with E-state index in [1.54, 1.807) is 0 Å². The number of carboxylic acids is 1. The number of carbonyl (C=O) groups excluding carboxylic acids is 2. The number of aliphatic carboxylic acids is 1. The van der Waals surface area contributed by atoms with E-state index in [0.29, 0.717) is 4.90 Å². The van der Waals surface area contributed by atoms with Crippen molar-refractivity contribution in [3.8, 4) is 0 Å². The molecular weight excluding hydrogens is 357 g/mol. The van der Waals surface area contributed by atoms with Crippen LogP contribution in [0.1, 0.15) is 27.2 Å². The molecule has 24 heavy (non-hydrogen) atoms. The van der Waals surface area contributed by atoms with Gasteiger partial charge in [0.2, 0.25) is 0 Å². The summed E-state index contributed by atoms with van der Waals surface area (Å²) >= 11 is 0. The molecule has 136 valence electrons. The molecule has 2 heterocycles. The van der Waals surface area contributed by atoms with Crippen LogP contribution < -0.4 is 5.32 Å². The molecule has 0 saturated carbocycles. The minimum atomic E-state index is -5.30. The molecule has 2 saturated heterocycles. The Morgan fingerprint density at radius 2 is 1.83 bits per heavy atom. The number of β-lactam (4-membered cyclic amide) rings is 1. The number of nitrogens with zero attached hydrogens (tertiary/aromatic N) is 1. The van der Waals surface area contributed by atoms with Crippen LogP contribution in [0.25, 0.3) is 0 Å². The molecular formula is C12H15F3N2O6S. The number of carbonyl (C=O) groups is 3. The maximum atomic E-state index is 12.7. The van der Waals surface area contributed by atoms with Crippen molar-refractivity contribution in [3.05, 3.63) is 0 Å². The molecule has 0 aromatic carbocycles. The number of hydrogen-bond acceptors (Lipinski definition) is 5. The summed E-state index contributed by atoms with van der Waals surface area (Å²) in [4.78, 5) is 35.5. The SMILES string of the molecule is CC[C@@]1(C(=O)O)N2C(=O)[C@H](NC(=O)C(F)(F)F)[C@H]2S(=O)(=O)C1(C)C. The smallest absolute Gasteiger partial charge is 0.471 e. The zero-order chi connectivity index (χ0) is 18.9. The highest BCUT2D eigenvalue weighted by Crippen LogP contribution is 2.54. The lowest BCUT2D eigenvalue weighted by Gasteiger charge is -2.48. The minimum absolute atomic E-state index is 0.267. The van der Waals surface area contributed by atoms with Crippen molar-refractivity contribution in [2.45, 2.75) is 55.1 Å². The molecule has 0 aromatic rings. The molecule has 0 aromatic heterocycles. The van der Waals surface area contributed by atoms with E-state index in [9.17, 15) is 41.1 Å². The van der Waals surface area contributed by atoms with Gasteiger partial charge in [-0.25, -0.2) is 13.2 Å². The van der Waals surface area contributed by atoms with Crippen LogP contribution in [0.4, 0.5) is 13.2 Å². The van der Waals surface area contributed by atoms with Gasteiger partial charge in [-0.15, -0.1) is 0 Å². The third kappa shape index (κ3) is 1.85. The Bertz CT molecular complexity index is 732. The Kier molecular flexibility index (Phi) is 3.72. The van der Waals surface area contributed by atoms with Crippen LogP contribution in [0.5, 0.6) is 0 Å². The predicted molar refractivity (Wildman–Crippen MR) is 72.3 cm³/mol. The number of fused-ring (bicyclic) bond motifs is 1. The number of carboxylic acid groups (broad SMARTS) is 1. The molecule has 0 bridgehead atoms. The standard InChI is InChI=1S/C12H15F3N2O6S/c1-4-11(9(20)21)10(2,3)24(22,23)7-5(6(18)17(7)11)16-8(19)12(13,14)15/h5,7H,4H2,1-3H3,(H,16,19)(H,20,21)/t5-,7+,11-/m0/s1. The van der Waals surface area contributed by atoms with E-state index >= 15 is 0 Å². The fourth-order valence-corrected chi connectivity index (χ4v) is 5.99. The van der Waals surface area contributed by atoms with Crippen molar-refractivity contribution in [2.75, 3.05) is 0 Å². The highest BCUT2D eigenvalue weighted by molar-refractivity contribution is 7.94. The molecule has 2 rings (SSSR count). The van der Waals surface area contributed by atoms with Crippen LogP contribution in [-0.2, 0) is 24.2 Å². The third-order valence-corrected chi connectivity index (χ3v) is 7.77. The number of alkyl halides is 3. The van der Waals surface area contributed by atoms with Gasteiger partial charge in [0.25, 0.3) is 5.91 Å². The van der Waals surface area contributed by atoms with Crippen molar-refractivity contribution < 1.29 is 41.1 Å². The molecule has 0 radical (unpaired) electrons. The molecule has 2 amide bonds. The van der Waals surface area contributed by atoms with Gasteiger partial charge in [-0.3, -0.25) is 9.59 Å². The molecule has 0 aliphatic carbocycles. The van der Waals surface area contributed by atoms with Gasteiger partial charge in [-0.05, 0) is 20.3 Å². The average Bonchev–Trinajstić information content (AvgIpc) is 2.55. The molecule has 2 N–H and O–H groups in total. The lowest BCUT2D eigenvalue weighted by Crippen LogP contribution is -2.76. The fourth-order valence-electron chi connectivity index (χ4n) is 3.48. The van der Waals surface area contributed by atoms with Crippen LogP contribution in [0.2, 0.25) is 0 Å². The summed E-state index contributed by atoms with van der Waals surface area (Å²) in [6.45, 7) is 3.57. The van der Waals surface area contributed by atoms with Gasteiger partial charge in [0.15, 0.2) is 20.8 Å². The number of sulfone groups is 1. The third-order valence-electron chi connectivity index (χ3n) is 4.89. The molecule has 2 aliphatic heterocycles. The average molecular weight is 372 g/mol. The van der Waals surface area contributed by atoms with Crippen molar-refractivity contribution >= 4 is 27.6 Å². The number of halogens is 3. The molecule has 12 heteroatoms. The first-order valence-electron chi connectivity index (χ1n) is 6.85. The summed E-state index contributed by atoms with van der Waals surface area (Å²) in [5.41, 5.74) is -2.12. The van der Waals surface area contributed by atoms with E-state index in [-0.39, 0.29) is 6.42 Å². The van der Waals surface area contributed by atoms with Gasteiger partial charge >= 0.3 is 18.1 Å².